The van der Waals surface area contributed by atoms with Crippen molar-refractivity contribution in [2.75, 3.05) is 19.9 Å². The lowest BCUT2D eigenvalue weighted by Crippen LogP contribution is -2.33. The van der Waals surface area contributed by atoms with Gasteiger partial charge in [-0.2, -0.15) is 0 Å². The van der Waals surface area contributed by atoms with Crippen LogP contribution in [0, 0.1) is 5.92 Å². The summed E-state index contributed by atoms with van der Waals surface area (Å²) in [6.45, 7) is 1.56. The van der Waals surface area contributed by atoms with Crippen LogP contribution in [0.1, 0.15) is 24.4 Å². The maximum absolute atomic E-state index is 9.24. The zero-order chi connectivity index (χ0) is 11.7. The fourth-order valence-electron chi connectivity index (χ4n) is 2.55. The van der Waals surface area contributed by atoms with Crippen molar-refractivity contribution < 1.29 is 14.6 Å². The van der Waals surface area contributed by atoms with Gasteiger partial charge in [-0.15, -0.1) is 0 Å². The van der Waals surface area contributed by atoms with Gasteiger partial charge < -0.3 is 19.9 Å². The monoisotopic (exact) mass is 235 g/mol. The summed E-state index contributed by atoms with van der Waals surface area (Å²) >= 11 is 0. The van der Waals surface area contributed by atoms with Gasteiger partial charge in [-0.25, -0.2) is 0 Å². The normalized spacial score (nSPS) is 27.1. The molecule has 1 saturated heterocycles. The van der Waals surface area contributed by atoms with Crippen molar-refractivity contribution >= 4 is 0 Å². The number of fused-ring (bicyclic) bond motifs is 1. The van der Waals surface area contributed by atoms with Gasteiger partial charge in [-0.1, -0.05) is 6.07 Å². The maximum atomic E-state index is 9.24. The van der Waals surface area contributed by atoms with E-state index in [4.69, 9.17) is 9.47 Å². The Labute approximate surface area is 101 Å². The summed E-state index contributed by atoms with van der Waals surface area (Å²) < 4.78 is 10.7. The van der Waals surface area contributed by atoms with Crippen molar-refractivity contribution in [3.63, 3.8) is 0 Å². The van der Waals surface area contributed by atoms with Crippen LogP contribution in [0.4, 0.5) is 0 Å². The lowest BCUT2D eigenvalue weighted by molar-refractivity contribution is 0.173. The molecule has 0 bridgehead atoms. The molecule has 0 spiro atoms. The average molecular weight is 235 g/mol. The Bertz CT molecular complexity index is 408. The first-order valence-corrected chi connectivity index (χ1v) is 6.10. The van der Waals surface area contributed by atoms with Crippen LogP contribution in [-0.4, -0.2) is 25.1 Å². The molecule has 1 aromatic rings. The van der Waals surface area contributed by atoms with Crippen LogP contribution in [0.15, 0.2) is 18.2 Å². The largest absolute Gasteiger partial charge is 0.454 e. The molecule has 0 aromatic heterocycles. The number of nitrogens with one attached hydrogen (secondary N) is 1. The average Bonchev–Trinajstić information content (AvgIpc) is 2.86. The summed E-state index contributed by atoms with van der Waals surface area (Å²) in [5, 5.41) is 12.7. The summed E-state index contributed by atoms with van der Waals surface area (Å²) in [4.78, 5) is 0. The van der Waals surface area contributed by atoms with Gasteiger partial charge in [0, 0.05) is 12.6 Å². The van der Waals surface area contributed by atoms with Crippen LogP contribution in [-0.2, 0) is 0 Å². The second kappa shape index (κ2) is 4.55. The van der Waals surface area contributed by atoms with Crippen LogP contribution < -0.4 is 14.8 Å². The van der Waals surface area contributed by atoms with Crippen LogP contribution in [0.25, 0.3) is 0 Å². The van der Waals surface area contributed by atoms with E-state index in [2.05, 4.69) is 11.4 Å². The number of ether oxygens (including phenoxy) is 2. The summed E-state index contributed by atoms with van der Waals surface area (Å²) in [6.07, 6.45) is 2.04. The van der Waals surface area contributed by atoms with Crippen LogP contribution in [0.3, 0.4) is 0 Å². The number of benzene rings is 1. The molecule has 1 aromatic carbocycles. The molecule has 4 heteroatoms. The summed E-state index contributed by atoms with van der Waals surface area (Å²) in [7, 11) is 0. The Morgan fingerprint density at radius 1 is 1.29 bits per heavy atom. The number of aliphatic hydroxyl groups is 1. The molecule has 2 atom stereocenters. The molecule has 2 aliphatic rings. The van der Waals surface area contributed by atoms with Crippen molar-refractivity contribution in [1.29, 1.82) is 0 Å². The van der Waals surface area contributed by atoms with E-state index in [0.29, 0.717) is 18.8 Å². The van der Waals surface area contributed by atoms with Crippen molar-refractivity contribution in [2.24, 2.45) is 5.92 Å². The third kappa shape index (κ3) is 2.10. The van der Waals surface area contributed by atoms with Gasteiger partial charge in [0.1, 0.15) is 0 Å². The first-order chi connectivity index (χ1) is 8.36. The molecule has 2 N–H and O–H groups in total. The van der Waals surface area contributed by atoms with Gasteiger partial charge in [-0.05, 0) is 43.0 Å². The molecule has 0 saturated carbocycles. The summed E-state index contributed by atoms with van der Waals surface area (Å²) in [5.41, 5.74) is 1.22. The Balaban J connectivity index is 1.79. The topological polar surface area (TPSA) is 50.7 Å². The van der Waals surface area contributed by atoms with Gasteiger partial charge >= 0.3 is 0 Å². The molecule has 17 heavy (non-hydrogen) atoms. The van der Waals surface area contributed by atoms with E-state index >= 15 is 0 Å². The van der Waals surface area contributed by atoms with E-state index in [-0.39, 0.29) is 6.61 Å². The van der Waals surface area contributed by atoms with Crippen molar-refractivity contribution in [2.45, 2.75) is 18.9 Å². The highest BCUT2D eigenvalue weighted by atomic mass is 16.7. The van der Waals surface area contributed by atoms with Gasteiger partial charge in [-0.3, -0.25) is 0 Å². The molecule has 0 aliphatic carbocycles. The number of aliphatic hydroxyl groups excluding tert-OH is 1. The van der Waals surface area contributed by atoms with E-state index < -0.39 is 0 Å². The standard InChI is InChI=1S/C13H17NO3/c15-7-9-3-4-14-11(5-9)10-1-2-12-13(6-10)17-8-16-12/h1-2,6,9,11,14-15H,3-5,7-8H2. The molecule has 3 rings (SSSR count). The van der Waals surface area contributed by atoms with Crippen LogP contribution in [0.2, 0.25) is 0 Å². The SMILES string of the molecule is OCC1CCNC(c2ccc3c(c2)OCO3)C1. The van der Waals surface area contributed by atoms with Gasteiger partial charge in [0.2, 0.25) is 6.79 Å². The lowest BCUT2D eigenvalue weighted by Gasteiger charge is -2.29. The third-order valence-corrected chi connectivity index (χ3v) is 3.57. The van der Waals surface area contributed by atoms with Crippen molar-refractivity contribution in [3.8, 4) is 11.5 Å². The molecule has 1 fully saturated rings. The Hall–Kier alpha value is -1.26. The zero-order valence-corrected chi connectivity index (χ0v) is 9.69. The Morgan fingerprint density at radius 3 is 3.06 bits per heavy atom. The van der Waals surface area contributed by atoms with Gasteiger partial charge in [0.05, 0.1) is 0 Å². The predicted octanol–water partition coefficient (Wildman–Crippen LogP) is 1.45. The molecule has 2 unspecified atom stereocenters. The van der Waals surface area contributed by atoms with E-state index in [9.17, 15) is 5.11 Å². The minimum Gasteiger partial charge on any atom is -0.454 e. The third-order valence-electron chi connectivity index (χ3n) is 3.57. The molecular weight excluding hydrogens is 218 g/mol. The van der Waals surface area contributed by atoms with E-state index in [1.807, 2.05) is 12.1 Å². The number of piperidine rings is 1. The van der Waals surface area contributed by atoms with Crippen molar-refractivity contribution in [3.05, 3.63) is 23.8 Å². The second-order valence-corrected chi connectivity index (χ2v) is 4.69. The van der Waals surface area contributed by atoms with Crippen molar-refractivity contribution in [1.82, 2.24) is 5.32 Å². The van der Waals surface area contributed by atoms with E-state index in [0.717, 1.165) is 30.9 Å². The first-order valence-electron chi connectivity index (χ1n) is 6.10. The minimum atomic E-state index is 0.280. The van der Waals surface area contributed by atoms with E-state index in [1.165, 1.54) is 5.56 Å². The van der Waals surface area contributed by atoms with Crippen LogP contribution >= 0.6 is 0 Å². The molecular formula is C13H17NO3. The highest BCUT2D eigenvalue weighted by molar-refractivity contribution is 5.45. The van der Waals surface area contributed by atoms with Crippen LogP contribution in [0.5, 0.6) is 11.5 Å². The molecule has 0 amide bonds. The van der Waals surface area contributed by atoms with Gasteiger partial charge in [0.25, 0.3) is 0 Å². The minimum absolute atomic E-state index is 0.280. The fraction of sp³-hybridized carbons (Fsp3) is 0.538. The van der Waals surface area contributed by atoms with E-state index in [1.54, 1.807) is 0 Å². The molecule has 0 radical (unpaired) electrons. The molecule has 2 heterocycles. The zero-order valence-electron chi connectivity index (χ0n) is 9.69. The highest BCUT2D eigenvalue weighted by Gasteiger charge is 2.24. The summed E-state index contributed by atoms with van der Waals surface area (Å²) in [6, 6.07) is 6.39. The first kappa shape index (κ1) is 10.9. The Morgan fingerprint density at radius 2 is 2.18 bits per heavy atom. The Kier molecular flexibility index (Phi) is 2.91. The number of hydrogen-bond acceptors (Lipinski definition) is 4. The van der Waals surface area contributed by atoms with Gasteiger partial charge in [0.15, 0.2) is 11.5 Å². The number of hydrogen-bond donors (Lipinski definition) is 2. The lowest BCUT2D eigenvalue weighted by atomic mass is 9.89. The number of rotatable bonds is 2. The molecule has 4 nitrogen and oxygen atoms in total. The quantitative estimate of drug-likeness (QED) is 0.814. The second-order valence-electron chi connectivity index (χ2n) is 4.69. The maximum Gasteiger partial charge on any atom is 0.231 e. The molecule has 92 valence electrons. The smallest absolute Gasteiger partial charge is 0.231 e. The molecule has 2 aliphatic heterocycles. The highest BCUT2D eigenvalue weighted by Crippen LogP contribution is 2.36. The fourth-order valence-corrected chi connectivity index (χ4v) is 2.55. The summed E-state index contributed by atoms with van der Waals surface area (Å²) in [5.74, 6) is 2.06. The predicted molar refractivity (Wildman–Crippen MR) is 63.1 cm³/mol.